The van der Waals surface area contributed by atoms with Gasteiger partial charge in [0.25, 0.3) is 0 Å². The van der Waals surface area contributed by atoms with Crippen LogP contribution in [0.15, 0.2) is 30.5 Å². The molecule has 1 N–H and O–H groups in total. The van der Waals surface area contributed by atoms with Crippen molar-refractivity contribution in [2.24, 2.45) is 11.8 Å². The van der Waals surface area contributed by atoms with Crippen molar-refractivity contribution in [2.75, 3.05) is 26.7 Å². The summed E-state index contributed by atoms with van der Waals surface area (Å²) in [6.45, 7) is 1.72. The molecule has 0 spiro atoms. The monoisotopic (exact) mass is 539 g/mol. The molecule has 3 aliphatic rings. The molecule has 38 heavy (non-hydrogen) atoms. The van der Waals surface area contributed by atoms with Gasteiger partial charge in [-0.3, -0.25) is 14.4 Å². The van der Waals surface area contributed by atoms with Gasteiger partial charge in [-0.25, -0.2) is 0 Å². The molecule has 10 heteroatoms. The highest BCUT2D eigenvalue weighted by Gasteiger charge is 2.43. The average molecular weight is 540 g/mol. The standard InChI is InChI=1S/C28H34ClN5O4/c1-30-27(36)19-7-2-3-8-20(19)28(37)34-15-12-21-22(29)10-11-24(38-17-18-6-4-13-31-32-18)26(21)23(34)16-33-14-5-9-25(33)35/h4,6,10-11,13,19-20,23H,2-3,5,7-9,12,14-17H2,1H3,(H,30,36)/t19-,20?,23-/m1/s1. The van der Waals surface area contributed by atoms with Gasteiger partial charge >= 0.3 is 0 Å². The van der Waals surface area contributed by atoms with Crippen molar-refractivity contribution < 1.29 is 19.1 Å². The summed E-state index contributed by atoms with van der Waals surface area (Å²) in [4.78, 5) is 43.3. The largest absolute Gasteiger partial charge is 0.487 e. The van der Waals surface area contributed by atoms with Crippen LogP contribution in [0.2, 0.25) is 5.02 Å². The van der Waals surface area contributed by atoms with E-state index in [1.807, 2.05) is 28.0 Å². The van der Waals surface area contributed by atoms with E-state index >= 15 is 0 Å². The van der Waals surface area contributed by atoms with E-state index in [0.29, 0.717) is 61.8 Å². The Morgan fingerprint density at radius 3 is 2.63 bits per heavy atom. The molecule has 5 rings (SSSR count). The number of halogens is 1. The number of nitrogens with zero attached hydrogens (tertiary/aromatic N) is 4. The van der Waals surface area contributed by atoms with Crippen LogP contribution in [-0.4, -0.2) is 64.4 Å². The van der Waals surface area contributed by atoms with E-state index in [2.05, 4.69) is 15.5 Å². The number of carbonyl (C=O) groups is 3. The summed E-state index contributed by atoms with van der Waals surface area (Å²) >= 11 is 6.69. The fraction of sp³-hybridized carbons (Fsp3) is 0.536. The summed E-state index contributed by atoms with van der Waals surface area (Å²) in [5.74, 6) is -0.123. The molecule has 9 nitrogen and oxygen atoms in total. The summed E-state index contributed by atoms with van der Waals surface area (Å²) in [5.41, 5.74) is 2.46. The molecular weight excluding hydrogens is 506 g/mol. The average Bonchev–Trinajstić information content (AvgIpc) is 3.36. The fourth-order valence-electron chi connectivity index (χ4n) is 6.17. The maximum Gasteiger partial charge on any atom is 0.227 e. The zero-order valence-electron chi connectivity index (χ0n) is 21.7. The lowest BCUT2D eigenvalue weighted by molar-refractivity contribution is -0.147. The Hall–Kier alpha value is -3.20. The number of hydrogen-bond acceptors (Lipinski definition) is 6. The minimum absolute atomic E-state index is 0.0274. The van der Waals surface area contributed by atoms with E-state index in [9.17, 15) is 14.4 Å². The number of amides is 3. The summed E-state index contributed by atoms with van der Waals surface area (Å²) in [6, 6.07) is 6.88. The van der Waals surface area contributed by atoms with Crippen LogP contribution in [0.3, 0.4) is 0 Å². The third kappa shape index (κ3) is 5.34. The Balaban J connectivity index is 1.51. The number of aromatic nitrogens is 2. The van der Waals surface area contributed by atoms with Gasteiger partial charge in [0.15, 0.2) is 0 Å². The van der Waals surface area contributed by atoms with Gasteiger partial charge < -0.3 is 19.9 Å². The highest BCUT2D eigenvalue weighted by Crippen LogP contribution is 2.43. The van der Waals surface area contributed by atoms with Gasteiger partial charge in [-0.2, -0.15) is 10.2 Å². The Bertz CT molecular complexity index is 1190. The van der Waals surface area contributed by atoms with E-state index in [-0.39, 0.29) is 36.2 Å². The van der Waals surface area contributed by atoms with Gasteiger partial charge in [-0.05, 0) is 55.5 Å². The topological polar surface area (TPSA) is 105 Å². The minimum atomic E-state index is -0.420. The molecule has 202 valence electrons. The molecule has 3 amide bonds. The Morgan fingerprint density at radius 2 is 1.92 bits per heavy atom. The molecule has 0 bridgehead atoms. The number of carbonyl (C=O) groups excluding carboxylic acids is 3. The van der Waals surface area contributed by atoms with E-state index in [1.165, 1.54) is 0 Å². The predicted molar refractivity (Wildman–Crippen MR) is 141 cm³/mol. The van der Waals surface area contributed by atoms with Crippen LogP contribution in [0.4, 0.5) is 0 Å². The van der Waals surface area contributed by atoms with Gasteiger partial charge in [0.1, 0.15) is 18.1 Å². The predicted octanol–water partition coefficient (Wildman–Crippen LogP) is 3.31. The molecule has 2 aliphatic heterocycles. The molecule has 1 saturated heterocycles. The van der Waals surface area contributed by atoms with E-state index < -0.39 is 6.04 Å². The Kier molecular flexibility index (Phi) is 8.12. The molecule has 1 aromatic carbocycles. The van der Waals surface area contributed by atoms with Gasteiger partial charge in [0.05, 0.1) is 6.04 Å². The summed E-state index contributed by atoms with van der Waals surface area (Å²) in [5, 5.41) is 11.4. The zero-order valence-corrected chi connectivity index (χ0v) is 22.5. The molecule has 2 fully saturated rings. The van der Waals surface area contributed by atoms with Crippen molar-refractivity contribution in [3.8, 4) is 5.75 Å². The Morgan fingerprint density at radius 1 is 1.11 bits per heavy atom. The quantitative estimate of drug-likeness (QED) is 0.579. The molecule has 3 heterocycles. The maximum atomic E-state index is 14.2. The van der Waals surface area contributed by atoms with Crippen molar-refractivity contribution in [3.63, 3.8) is 0 Å². The molecule has 1 saturated carbocycles. The lowest BCUT2D eigenvalue weighted by Gasteiger charge is -2.43. The summed E-state index contributed by atoms with van der Waals surface area (Å²) in [6.07, 6.45) is 6.74. The lowest BCUT2D eigenvalue weighted by atomic mass is 9.77. The van der Waals surface area contributed by atoms with Crippen LogP contribution in [0.1, 0.15) is 61.4 Å². The summed E-state index contributed by atoms with van der Waals surface area (Å²) < 4.78 is 6.25. The van der Waals surface area contributed by atoms with Crippen molar-refractivity contribution in [2.45, 2.75) is 57.6 Å². The highest BCUT2D eigenvalue weighted by molar-refractivity contribution is 6.31. The summed E-state index contributed by atoms with van der Waals surface area (Å²) in [7, 11) is 1.63. The first-order valence-corrected chi connectivity index (χ1v) is 13.9. The van der Waals surface area contributed by atoms with E-state index in [4.69, 9.17) is 16.3 Å². The zero-order chi connectivity index (χ0) is 26.6. The molecule has 2 aromatic rings. The van der Waals surface area contributed by atoms with Crippen LogP contribution in [-0.2, 0) is 27.4 Å². The molecule has 3 atom stereocenters. The van der Waals surface area contributed by atoms with Gasteiger partial charge in [0.2, 0.25) is 17.7 Å². The Labute approximate surface area is 227 Å². The number of likely N-dealkylation sites (tertiary alicyclic amines) is 1. The second kappa shape index (κ2) is 11.7. The molecule has 1 aromatic heterocycles. The number of fused-ring (bicyclic) bond motifs is 1. The maximum absolute atomic E-state index is 14.2. The molecule has 1 unspecified atom stereocenters. The van der Waals surface area contributed by atoms with Crippen LogP contribution < -0.4 is 10.1 Å². The van der Waals surface area contributed by atoms with Crippen LogP contribution in [0.5, 0.6) is 5.75 Å². The van der Waals surface area contributed by atoms with Crippen LogP contribution >= 0.6 is 11.6 Å². The second-order valence-electron chi connectivity index (χ2n) is 10.3. The number of benzene rings is 1. The second-order valence-corrected chi connectivity index (χ2v) is 10.7. The SMILES string of the molecule is CNC(=O)[C@@H]1CCCCC1C(=O)N1CCc2c(Cl)ccc(OCc3cccnn3)c2[C@H]1CN1CCCC1=O. The third-order valence-electron chi connectivity index (χ3n) is 8.09. The first-order valence-electron chi connectivity index (χ1n) is 13.5. The van der Waals surface area contributed by atoms with Gasteiger partial charge in [-0.15, -0.1) is 0 Å². The van der Waals surface area contributed by atoms with Crippen molar-refractivity contribution in [1.82, 2.24) is 25.3 Å². The first-order chi connectivity index (χ1) is 18.5. The molecular formula is C28H34ClN5O4. The minimum Gasteiger partial charge on any atom is -0.487 e. The van der Waals surface area contributed by atoms with Gasteiger partial charge in [-0.1, -0.05) is 24.4 Å². The van der Waals surface area contributed by atoms with Crippen LogP contribution in [0.25, 0.3) is 0 Å². The molecule has 0 radical (unpaired) electrons. The third-order valence-corrected chi connectivity index (χ3v) is 8.44. The first kappa shape index (κ1) is 26.4. The van der Waals surface area contributed by atoms with Crippen molar-refractivity contribution in [3.05, 3.63) is 52.3 Å². The van der Waals surface area contributed by atoms with Crippen molar-refractivity contribution >= 4 is 29.3 Å². The number of hydrogen-bond donors (Lipinski definition) is 1. The number of ether oxygens (including phenoxy) is 1. The van der Waals surface area contributed by atoms with Gasteiger partial charge in [0, 0.05) is 61.7 Å². The number of rotatable bonds is 7. The fourth-order valence-corrected chi connectivity index (χ4v) is 6.43. The lowest BCUT2D eigenvalue weighted by Crippen LogP contribution is -2.50. The van der Waals surface area contributed by atoms with E-state index in [1.54, 1.807) is 19.3 Å². The number of nitrogens with one attached hydrogen (secondary N) is 1. The smallest absolute Gasteiger partial charge is 0.227 e. The van der Waals surface area contributed by atoms with E-state index in [0.717, 1.165) is 30.4 Å². The normalized spacial score (nSPS) is 23.2. The van der Waals surface area contributed by atoms with Crippen molar-refractivity contribution in [1.29, 1.82) is 0 Å². The molecule has 1 aliphatic carbocycles. The van der Waals surface area contributed by atoms with Crippen LogP contribution in [0, 0.1) is 11.8 Å². The highest BCUT2D eigenvalue weighted by atomic mass is 35.5.